The molecule has 1 fully saturated rings. The number of ether oxygens (including phenoxy) is 1. The van der Waals surface area contributed by atoms with Gasteiger partial charge in [-0.2, -0.15) is 13.2 Å². The van der Waals surface area contributed by atoms with Crippen LogP contribution in [0.15, 0.2) is 58.3 Å². The summed E-state index contributed by atoms with van der Waals surface area (Å²) in [5, 5.41) is 2.54. The number of carbonyl (C=O) groups is 3. The molecule has 2 aliphatic rings. The molecule has 1 N–H and O–H groups in total. The van der Waals surface area contributed by atoms with Crippen LogP contribution in [0.2, 0.25) is 0 Å². The monoisotopic (exact) mass is 534 g/mol. The summed E-state index contributed by atoms with van der Waals surface area (Å²) in [4.78, 5) is 43.7. The molecular weight excluding hydrogens is 505 g/mol. The molecule has 38 heavy (non-hydrogen) atoms. The first-order valence-corrected chi connectivity index (χ1v) is 12.2. The minimum Gasteiger partial charge on any atom is -0.463 e. The molecule has 9 nitrogen and oxygen atoms in total. The third-order valence-electron chi connectivity index (χ3n) is 6.73. The predicted octanol–water partition coefficient (Wildman–Crippen LogP) is 3.66. The summed E-state index contributed by atoms with van der Waals surface area (Å²) >= 11 is 0. The maximum atomic E-state index is 13.9. The highest BCUT2D eigenvalue weighted by Crippen LogP contribution is 2.39. The van der Waals surface area contributed by atoms with Gasteiger partial charge < -0.3 is 19.4 Å². The van der Waals surface area contributed by atoms with E-state index in [9.17, 15) is 27.6 Å². The molecule has 12 heteroatoms. The fraction of sp³-hybridized carbons (Fsp3) is 0.423. The smallest absolute Gasteiger partial charge is 0.416 e. The van der Waals surface area contributed by atoms with Crippen molar-refractivity contribution in [3.63, 3.8) is 0 Å². The lowest BCUT2D eigenvalue weighted by atomic mass is 9.90. The molecule has 1 aromatic heterocycles. The van der Waals surface area contributed by atoms with Crippen LogP contribution >= 0.6 is 0 Å². The van der Waals surface area contributed by atoms with E-state index in [0.717, 1.165) is 6.07 Å². The SMILES string of the molecule is CCOC(=O)C1=C(CN2CCN(C(=O)c3ccco3)C(C)C2)N(C)C(=O)NC1c1ccccc1C(F)(F)F. The Labute approximate surface area is 217 Å². The van der Waals surface area contributed by atoms with Crippen molar-refractivity contribution in [2.75, 3.05) is 39.8 Å². The summed E-state index contributed by atoms with van der Waals surface area (Å²) in [6, 6.07) is 5.84. The lowest BCUT2D eigenvalue weighted by Crippen LogP contribution is -2.56. The van der Waals surface area contributed by atoms with Gasteiger partial charge in [-0.1, -0.05) is 18.2 Å². The molecule has 204 valence electrons. The van der Waals surface area contributed by atoms with Gasteiger partial charge in [0.2, 0.25) is 0 Å². The minimum absolute atomic E-state index is 0.00547. The number of carbonyl (C=O) groups excluding carboxylic acids is 3. The summed E-state index contributed by atoms with van der Waals surface area (Å²) in [5.74, 6) is -0.824. The molecule has 0 spiro atoms. The zero-order valence-electron chi connectivity index (χ0n) is 21.2. The molecule has 2 atom stereocenters. The van der Waals surface area contributed by atoms with Crippen LogP contribution in [-0.2, 0) is 15.7 Å². The van der Waals surface area contributed by atoms with Crippen molar-refractivity contribution in [3.05, 3.63) is 70.8 Å². The van der Waals surface area contributed by atoms with Crippen LogP contribution < -0.4 is 5.32 Å². The highest BCUT2D eigenvalue weighted by molar-refractivity contribution is 5.95. The average Bonchev–Trinajstić information content (AvgIpc) is 3.41. The van der Waals surface area contributed by atoms with Crippen LogP contribution in [0.25, 0.3) is 0 Å². The van der Waals surface area contributed by atoms with Gasteiger partial charge in [0.1, 0.15) is 0 Å². The quantitative estimate of drug-likeness (QED) is 0.569. The van der Waals surface area contributed by atoms with Crippen molar-refractivity contribution in [1.29, 1.82) is 0 Å². The van der Waals surface area contributed by atoms with Gasteiger partial charge in [-0.15, -0.1) is 0 Å². The second-order valence-corrected chi connectivity index (χ2v) is 9.17. The number of hydrogen-bond donors (Lipinski definition) is 1. The summed E-state index contributed by atoms with van der Waals surface area (Å²) in [5.41, 5.74) is -1.02. The van der Waals surface area contributed by atoms with Crippen LogP contribution in [0.4, 0.5) is 18.0 Å². The molecular formula is C26H29F3N4O5. The number of likely N-dealkylation sites (N-methyl/N-ethyl adjacent to an activating group) is 1. The van der Waals surface area contributed by atoms with E-state index in [-0.39, 0.29) is 47.7 Å². The number of furan rings is 1. The Kier molecular flexibility index (Phi) is 7.81. The Bertz CT molecular complexity index is 1230. The molecule has 3 amide bonds. The Morgan fingerprint density at radius 2 is 1.89 bits per heavy atom. The minimum atomic E-state index is -4.70. The molecule has 0 radical (unpaired) electrons. The van der Waals surface area contributed by atoms with Gasteiger partial charge in [0.25, 0.3) is 5.91 Å². The summed E-state index contributed by atoms with van der Waals surface area (Å²) < 4.78 is 52.1. The molecule has 2 unspecified atom stereocenters. The molecule has 0 saturated carbocycles. The summed E-state index contributed by atoms with van der Waals surface area (Å²) in [6.45, 7) is 4.74. The summed E-state index contributed by atoms with van der Waals surface area (Å²) in [7, 11) is 1.45. The van der Waals surface area contributed by atoms with Gasteiger partial charge >= 0.3 is 18.2 Å². The number of esters is 1. The highest BCUT2D eigenvalue weighted by Gasteiger charge is 2.42. The Balaban J connectivity index is 1.68. The number of nitrogens with one attached hydrogen (secondary N) is 1. The fourth-order valence-corrected chi connectivity index (χ4v) is 4.87. The van der Waals surface area contributed by atoms with Gasteiger partial charge in [0, 0.05) is 45.0 Å². The van der Waals surface area contributed by atoms with Gasteiger partial charge in [0.15, 0.2) is 5.76 Å². The number of hydrogen-bond acceptors (Lipinski definition) is 6. The third kappa shape index (κ3) is 5.40. The van der Waals surface area contributed by atoms with Crippen LogP contribution in [0.1, 0.15) is 41.6 Å². The number of piperazine rings is 1. The van der Waals surface area contributed by atoms with Gasteiger partial charge in [-0.25, -0.2) is 9.59 Å². The van der Waals surface area contributed by atoms with Crippen molar-refractivity contribution in [1.82, 2.24) is 20.0 Å². The molecule has 1 saturated heterocycles. The zero-order valence-corrected chi connectivity index (χ0v) is 21.2. The maximum absolute atomic E-state index is 13.9. The van der Waals surface area contributed by atoms with Gasteiger partial charge in [-0.3, -0.25) is 14.6 Å². The molecule has 3 heterocycles. The number of benzene rings is 1. The Morgan fingerprint density at radius 1 is 1.16 bits per heavy atom. The summed E-state index contributed by atoms with van der Waals surface area (Å²) in [6.07, 6.45) is -3.27. The molecule has 2 aromatic rings. The predicted molar refractivity (Wildman–Crippen MR) is 130 cm³/mol. The lowest BCUT2D eigenvalue weighted by molar-refractivity contribution is -0.141. The second kappa shape index (κ2) is 10.9. The lowest BCUT2D eigenvalue weighted by Gasteiger charge is -2.42. The number of urea groups is 1. The van der Waals surface area contributed by atoms with Crippen molar-refractivity contribution in [3.8, 4) is 0 Å². The van der Waals surface area contributed by atoms with Crippen molar-refractivity contribution in [2.45, 2.75) is 32.1 Å². The third-order valence-corrected chi connectivity index (χ3v) is 6.73. The molecule has 0 aliphatic carbocycles. The maximum Gasteiger partial charge on any atom is 0.416 e. The van der Waals surface area contributed by atoms with Crippen molar-refractivity contribution >= 4 is 17.9 Å². The van der Waals surface area contributed by atoms with Crippen molar-refractivity contribution in [2.24, 2.45) is 0 Å². The second-order valence-electron chi connectivity index (χ2n) is 9.17. The van der Waals surface area contributed by atoms with E-state index in [1.807, 2.05) is 11.8 Å². The zero-order chi connectivity index (χ0) is 27.6. The number of rotatable bonds is 6. The first-order chi connectivity index (χ1) is 18.0. The van der Waals surface area contributed by atoms with E-state index in [1.54, 1.807) is 24.0 Å². The largest absolute Gasteiger partial charge is 0.463 e. The molecule has 0 bridgehead atoms. The van der Waals surface area contributed by atoms with Crippen LogP contribution in [0.5, 0.6) is 0 Å². The van der Waals surface area contributed by atoms with E-state index in [1.165, 1.54) is 36.4 Å². The first-order valence-electron chi connectivity index (χ1n) is 12.2. The van der Waals surface area contributed by atoms with E-state index in [2.05, 4.69) is 5.32 Å². The van der Waals surface area contributed by atoms with Gasteiger partial charge in [-0.05, 0) is 37.6 Å². The van der Waals surface area contributed by atoms with E-state index in [0.29, 0.717) is 19.6 Å². The topological polar surface area (TPSA) is 95.3 Å². The first kappa shape index (κ1) is 27.2. The van der Waals surface area contributed by atoms with E-state index in [4.69, 9.17) is 9.15 Å². The van der Waals surface area contributed by atoms with Crippen molar-refractivity contribution < 1.29 is 36.7 Å². The molecule has 1 aromatic carbocycles. The highest BCUT2D eigenvalue weighted by atomic mass is 19.4. The number of amides is 3. The van der Waals surface area contributed by atoms with Gasteiger partial charge in [0.05, 0.1) is 30.0 Å². The Morgan fingerprint density at radius 3 is 2.53 bits per heavy atom. The fourth-order valence-electron chi connectivity index (χ4n) is 4.87. The van der Waals surface area contributed by atoms with E-state index < -0.39 is 29.8 Å². The number of halogens is 3. The molecule has 4 rings (SSSR count). The average molecular weight is 535 g/mol. The Hall–Kier alpha value is -3.80. The molecule has 2 aliphatic heterocycles. The number of nitrogens with zero attached hydrogens (tertiary/aromatic N) is 3. The van der Waals surface area contributed by atoms with E-state index >= 15 is 0 Å². The number of alkyl halides is 3. The van der Waals surface area contributed by atoms with Crippen LogP contribution in [-0.4, -0.2) is 78.5 Å². The normalized spacial score (nSPS) is 20.9. The standard InChI is InChI=1S/C26H29F3N4O5/c1-4-37-24(35)21-19(15-32-11-12-33(16(2)14-32)23(34)20-10-7-13-38-20)31(3)25(36)30-22(21)17-8-5-6-9-18(17)26(27,28)29/h5-10,13,16,22H,4,11-12,14-15H2,1-3H3,(H,30,36). The van der Waals surface area contributed by atoms with Crippen LogP contribution in [0, 0.1) is 0 Å². The van der Waals surface area contributed by atoms with Crippen LogP contribution in [0.3, 0.4) is 0 Å².